The maximum Gasteiger partial charge on any atom is 0.164 e. The van der Waals surface area contributed by atoms with E-state index in [1.54, 1.807) is 0 Å². The van der Waals surface area contributed by atoms with E-state index >= 15 is 0 Å². The number of fused-ring (bicyclic) bond motifs is 3. The number of para-hydroxylation sites is 6. The zero-order chi connectivity index (χ0) is 53.0. The van der Waals surface area contributed by atoms with Crippen LogP contribution in [-0.2, 0) is 0 Å². The van der Waals surface area contributed by atoms with Crippen molar-refractivity contribution in [2.45, 2.75) is 59.3 Å². The Morgan fingerprint density at radius 3 is 0.795 bits per heavy atom. The fraction of sp³-hybridized carbons (Fsp3) is 0.130. The lowest BCUT2D eigenvalue weighted by atomic mass is 10.0. The van der Waals surface area contributed by atoms with E-state index in [0.717, 1.165) is 101 Å². The van der Waals surface area contributed by atoms with Gasteiger partial charge < -0.3 is 0 Å². The number of hydrogen-bond acceptors (Lipinski definition) is 6. The number of nitrogens with zero attached hydrogens (tertiary/aromatic N) is 9. The molecule has 0 spiro atoms. The van der Waals surface area contributed by atoms with Gasteiger partial charge in [-0.25, -0.2) is 29.9 Å². The van der Waals surface area contributed by atoms with Gasteiger partial charge in [-0.15, -0.1) is 0 Å². The van der Waals surface area contributed by atoms with E-state index < -0.39 is 0 Å². The van der Waals surface area contributed by atoms with E-state index in [2.05, 4.69) is 255 Å². The molecule has 0 bridgehead atoms. The standard InChI is InChI=1S/C69H57N9/c1-43(2)46-22-19-25-49(40-46)76-61-37-16-13-34-58(61)70-67(76)55-31-10-7-28-52(55)64-73-65(53-29-8-11-32-56(53)68-71-59-35-14-17-38-62(59)77(68)50-26-20-23-47(41-50)44(3)4)75-66(74-64)54-30-9-12-33-57(54)69-72-60-36-15-18-39-63(60)78(69)51-27-21-24-48(42-51)45(5)6/h7-45H,1-6H3. The fourth-order valence-electron chi connectivity index (χ4n) is 10.8. The van der Waals surface area contributed by atoms with Crippen LogP contribution in [0.2, 0.25) is 0 Å². The minimum Gasteiger partial charge on any atom is -0.292 e. The van der Waals surface area contributed by atoms with Gasteiger partial charge in [0.1, 0.15) is 17.5 Å². The van der Waals surface area contributed by atoms with Crippen LogP contribution in [-0.4, -0.2) is 43.6 Å². The normalized spacial score (nSPS) is 11.8. The van der Waals surface area contributed by atoms with E-state index in [0.29, 0.717) is 35.2 Å². The zero-order valence-corrected chi connectivity index (χ0v) is 44.5. The monoisotopic (exact) mass is 1010 g/mol. The molecule has 0 saturated carbocycles. The van der Waals surface area contributed by atoms with Gasteiger partial charge in [0.2, 0.25) is 0 Å². The van der Waals surface area contributed by atoms with Crippen molar-refractivity contribution in [3.63, 3.8) is 0 Å². The molecule has 13 aromatic rings. The molecule has 4 heterocycles. The molecule has 9 heteroatoms. The predicted octanol–water partition coefficient (Wildman–Crippen LogP) is 17.3. The van der Waals surface area contributed by atoms with Crippen LogP contribution < -0.4 is 0 Å². The van der Waals surface area contributed by atoms with Gasteiger partial charge in [0.15, 0.2) is 17.5 Å². The molecule has 0 aliphatic heterocycles. The van der Waals surface area contributed by atoms with Crippen LogP contribution in [0.1, 0.15) is 76.0 Å². The summed E-state index contributed by atoms with van der Waals surface area (Å²) >= 11 is 0. The van der Waals surface area contributed by atoms with Gasteiger partial charge in [-0.1, -0.05) is 187 Å². The van der Waals surface area contributed by atoms with Crippen LogP contribution in [0.15, 0.2) is 218 Å². The first-order valence-corrected chi connectivity index (χ1v) is 27.0. The molecule has 9 aromatic carbocycles. The second-order valence-corrected chi connectivity index (χ2v) is 21.0. The Morgan fingerprint density at radius 2 is 0.513 bits per heavy atom. The molecular formula is C69H57N9. The van der Waals surface area contributed by atoms with Crippen LogP contribution in [0, 0.1) is 0 Å². The van der Waals surface area contributed by atoms with Crippen molar-refractivity contribution in [1.82, 2.24) is 43.6 Å². The zero-order valence-electron chi connectivity index (χ0n) is 44.5. The van der Waals surface area contributed by atoms with E-state index in [1.165, 1.54) is 16.7 Å². The molecule has 13 rings (SSSR count). The number of aromatic nitrogens is 9. The highest BCUT2D eigenvalue weighted by molar-refractivity contribution is 5.92. The highest BCUT2D eigenvalue weighted by Crippen LogP contribution is 2.41. The van der Waals surface area contributed by atoms with E-state index in [1.807, 2.05) is 18.2 Å². The van der Waals surface area contributed by atoms with Crippen LogP contribution >= 0.6 is 0 Å². The minimum absolute atomic E-state index is 0.339. The van der Waals surface area contributed by atoms with Gasteiger partial charge in [-0.2, -0.15) is 0 Å². The Bertz CT molecular complexity index is 3940. The summed E-state index contributed by atoms with van der Waals surface area (Å²) < 4.78 is 6.81. The number of benzene rings is 9. The average molecular weight is 1010 g/mol. The van der Waals surface area contributed by atoms with Crippen molar-refractivity contribution in [2.75, 3.05) is 0 Å². The highest BCUT2D eigenvalue weighted by atomic mass is 15.1. The molecule has 0 saturated heterocycles. The Kier molecular flexibility index (Phi) is 12.2. The molecule has 4 aromatic heterocycles. The third kappa shape index (κ3) is 8.54. The number of rotatable bonds is 12. The molecule has 0 amide bonds. The predicted molar refractivity (Wildman–Crippen MR) is 319 cm³/mol. The SMILES string of the molecule is CC(C)c1cccc(-n2c(-c3ccccc3-c3nc(-c4ccccc4-c4nc5ccccc5n4-c4cccc(C(C)C)c4)nc(-c4ccccc4-c4nc5ccccc5n4-c4cccc(C(C)C)c4)n3)nc3ccccc32)c1. The summed E-state index contributed by atoms with van der Waals surface area (Å²) in [5, 5.41) is 0. The van der Waals surface area contributed by atoms with Crippen LogP contribution in [0.4, 0.5) is 0 Å². The molecule has 9 nitrogen and oxygen atoms in total. The van der Waals surface area contributed by atoms with Crippen molar-refractivity contribution >= 4 is 33.1 Å². The van der Waals surface area contributed by atoms with E-state index in [-0.39, 0.29) is 0 Å². The first-order valence-electron chi connectivity index (χ1n) is 27.0. The third-order valence-corrected chi connectivity index (χ3v) is 14.9. The van der Waals surface area contributed by atoms with Crippen molar-refractivity contribution in [2.24, 2.45) is 0 Å². The quantitative estimate of drug-likeness (QED) is 0.121. The van der Waals surface area contributed by atoms with Crippen molar-refractivity contribution in [3.05, 3.63) is 235 Å². The summed E-state index contributed by atoms with van der Waals surface area (Å²) in [6.07, 6.45) is 0. The van der Waals surface area contributed by atoms with Gasteiger partial charge in [0, 0.05) is 50.4 Å². The minimum atomic E-state index is 0.339. The van der Waals surface area contributed by atoms with Crippen LogP contribution in [0.25, 0.3) is 118 Å². The lowest BCUT2D eigenvalue weighted by Gasteiger charge is -2.17. The maximum atomic E-state index is 5.57. The molecule has 0 radical (unpaired) electrons. The van der Waals surface area contributed by atoms with Gasteiger partial charge >= 0.3 is 0 Å². The molecule has 0 N–H and O–H groups in total. The summed E-state index contributed by atoms with van der Waals surface area (Å²) in [7, 11) is 0. The summed E-state index contributed by atoms with van der Waals surface area (Å²) in [5.41, 5.74) is 17.6. The first kappa shape index (κ1) is 48.1. The number of imidazole rings is 3. The molecule has 378 valence electrons. The molecule has 0 atom stereocenters. The maximum absolute atomic E-state index is 5.57. The van der Waals surface area contributed by atoms with Gasteiger partial charge in [-0.3, -0.25) is 13.7 Å². The van der Waals surface area contributed by atoms with Crippen LogP contribution in [0.3, 0.4) is 0 Å². The van der Waals surface area contributed by atoms with E-state index in [4.69, 9.17) is 29.9 Å². The third-order valence-electron chi connectivity index (χ3n) is 14.9. The molecule has 0 fully saturated rings. The summed E-state index contributed by atoms with van der Waals surface area (Å²) in [6, 6.07) is 76.4. The Balaban J connectivity index is 1.08. The Hall–Kier alpha value is -9.60. The first-order chi connectivity index (χ1) is 38.2. The summed E-state index contributed by atoms with van der Waals surface area (Å²) in [4.78, 5) is 32.9. The number of hydrogen-bond donors (Lipinski definition) is 0. The highest BCUT2D eigenvalue weighted by Gasteiger charge is 2.26. The summed E-state index contributed by atoms with van der Waals surface area (Å²) in [5.74, 6) is 4.87. The van der Waals surface area contributed by atoms with E-state index in [9.17, 15) is 0 Å². The van der Waals surface area contributed by atoms with Gasteiger partial charge in [-0.05, 0) is 107 Å². The lowest BCUT2D eigenvalue weighted by molar-refractivity contribution is 0.863. The Labute approximate surface area is 454 Å². The lowest BCUT2D eigenvalue weighted by Crippen LogP contribution is -2.06. The fourth-order valence-corrected chi connectivity index (χ4v) is 10.8. The second-order valence-electron chi connectivity index (χ2n) is 21.0. The van der Waals surface area contributed by atoms with Gasteiger partial charge in [0.25, 0.3) is 0 Å². The molecule has 0 aliphatic carbocycles. The van der Waals surface area contributed by atoms with Crippen molar-refractivity contribution in [1.29, 1.82) is 0 Å². The molecular weight excluding hydrogens is 955 g/mol. The van der Waals surface area contributed by atoms with Crippen LogP contribution in [0.5, 0.6) is 0 Å². The molecule has 0 aliphatic rings. The topological polar surface area (TPSA) is 92.1 Å². The average Bonchev–Trinajstić information content (AvgIpc) is 4.37. The molecule has 0 unspecified atom stereocenters. The molecule has 78 heavy (non-hydrogen) atoms. The largest absolute Gasteiger partial charge is 0.292 e. The van der Waals surface area contributed by atoms with Crippen molar-refractivity contribution < 1.29 is 0 Å². The van der Waals surface area contributed by atoms with Gasteiger partial charge in [0.05, 0.1) is 33.1 Å². The Morgan fingerprint density at radius 1 is 0.256 bits per heavy atom. The smallest absolute Gasteiger partial charge is 0.164 e. The van der Waals surface area contributed by atoms with Crippen molar-refractivity contribution in [3.8, 4) is 85.4 Å². The summed E-state index contributed by atoms with van der Waals surface area (Å²) in [6.45, 7) is 13.4. The second kappa shape index (κ2) is 19.8.